The van der Waals surface area contributed by atoms with Gasteiger partial charge >= 0.3 is 0 Å². The Hall–Kier alpha value is -12.9. The zero-order valence-corrected chi connectivity index (χ0v) is 55.6. The smallest absolute Gasteiger partial charge is 0.0734 e. The fraction of sp³-hybridized carbons (Fsp3) is 0.0400. The highest BCUT2D eigenvalue weighted by molar-refractivity contribution is 6.12. The second-order valence-electron chi connectivity index (χ2n) is 28.9. The maximum Gasteiger partial charge on any atom is 0.0734 e. The van der Waals surface area contributed by atoms with Crippen LogP contribution in [0.3, 0.4) is 0 Å². The third-order valence-electron chi connectivity index (χ3n) is 24.7. The summed E-state index contributed by atoms with van der Waals surface area (Å²) in [6, 6.07) is 141. The molecule has 2 heteroatoms. The highest BCUT2D eigenvalue weighted by Crippen LogP contribution is 2.64. The molecule has 472 valence electrons. The third-order valence-corrected chi connectivity index (χ3v) is 24.7. The van der Waals surface area contributed by atoms with Crippen molar-refractivity contribution in [2.75, 3.05) is 0 Å². The van der Waals surface area contributed by atoms with E-state index in [0.29, 0.717) is 0 Å². The molecule has 0 amide bonds. The van der Waals surface area contributed by atoms with Gasteiger partial charge in [-0.05, 0) is 180 Å². The summed E-state index contributed by atoms with van der Waals surface area (Å²) in [6.45, 7) is 0. The van der Waals surface area contributed by atoms with Gasteiger partial charge in [-0.1, -0.05) is 340 Å². The molecular weight excluding hydrogens is 1230 g/mol. The van der Waals surface area contributed by atoms with E-state index in [0.717, 1.165) is 44.3 Å². The van der Waals surface area contributed by atoms with E-state index in [-0.39, 0.29) is 0 Å². The minimum Gasteiger partial charge on any atom is -0.354 e. The molecule has 2 heterocycles. The summed E-state index contributed by atoms with van der Waals surface area (Å²) in [5.74, 6) is 0. The molecule has 2 N–H and O–H groups in total. The zero-order valence-electron chi connectivity index (χ0n) is 55.6. The lowest BCUT2D eigenvalue weighted by Crippen LogP contribution is -2.32. The molecule has 11 aliphatic carbocycles. The number of para-hydroxylation sites is 2. The van der Waals surface area contributed by atoms with Crippen LogP contribution in [0, 0.1) is 0 Å². The number of fused-ring (bicyclic) bond motifs is 18. The van der Waals surface area contributed by atoms with E-state index in [1.807, 2.05) is 0 Å². The number of H-pyrrole nitrogens is 2. The Bertz CT molecular complexity index is 6030. The van der Waals surface area contributed by atoms with E-state index in [1.165, 1.54) is 155 Å². The molecule has 18 aromatic rings. The molecule has 0 saturated carbocycles. The fourth-order valence-electron chi connectivity index (χ4n) is 20.6. The van der Waals surface area contributed by atoms with E-state index in [9.17, 15) is 0 Å². The molecule has 16 aromatic carbocycles. The Morgan fingerprint density at radius 1 is 0.157 bits per heavy atom. The zero-order chi connectivity index (χ0) is 66.6. The molecule has 12 bridgehead atoms. The van der Waals surface area contributed by atoms with Crippen LogP contribution in [0.2, 0.25) is 0 Å². The molecule has 0 unspecified atom stereocenters. The number of hydrogen-bond donors (Lipinski definition) is 2. The Labute approximate surface area is 591 Å². The molecule has 0 fully saturated rings. The molecule has 4 spiro atoms. The van der Waals surface area contributed by atoms with Crippen LogP contribution in [0.4, 0.5) is 0 Å². The average molecular weight is 1290 g/mol. The Morgan fingerprint density at radius 3 is 0.637 bits per heavy atom. The van der Waals surface area contributed by atoms with Gasteiger partial charge in [0, 0.05) is 32.6 Å². The van der Waals surface area contributed by atoms with Crippen LogP contribution in [-0.4, -0.2) is 9.97 Å². The van der Waals surface area contributed by atoms with Crippen molar-refractivity contribution in [3.8, 4) is 66.8 Å². The van der Waals surface area contributed by atoms with Crippen LogP contribution in [0.1, 0.15) is 89.0 Å². The van der Waals surface area contributed by atoms with E-state index < -0.39 is 21.7 Å². The summed E-state index contributed by atoms with van der Waals surface area (Å²) in [7, 11) is 0. The van der Waals surface area contributed by atoms with E-state index in [4.69, 9.17) is 0 Å². The number of aromatic nitrogens is 2. The van der Waals surface area contributed by atoms with Crippen LogP contribution < -0.4 is 0 Å². The molecule has 0 aliphatic heterocycles. The van der Waals surface area contributed by atoms with Crippen molar-refractivity contribution in [3.05, 3.63) is 453 Å². The minimum absolute atomic E-state index is 0.740. The molecule has 102 heavy (non-hydrogen) atoms. The van der Waals surface area contributed by atoms with Gasteiger partial charge in [0.2, 0.25) is 0 Å². The quantitative estimate of drug-likeness (QED) is 0.152. The lowest BCUT2D eigenvalue weighted by molar-refractivity contribution is 0.745. The summed E-state index contributed by atoms with van der Waals surface area (Å²) in [5, 5.41) is 4.81. The monoisotopic (exact) mass is 1290 g/mol. The van der Waals surface area contributed by atoms with Gasteiger partial charge in [0.25, 0.3) is 0 Å². The molecule has 2 aromatic heterocycles. The van der Waals surface area contributed by atoms with Crippen LogP contribution in [0.5, 0.6) is 0 Å². The predicted octanol–water partition coefficient (Wildman–Crippen LogP) is 24.1. The molecule has 29 rings (SSSR count). The van der Waals surface area contributed by atoms with E-state index >= 15 is 0 Å². The maximum atomic E-state index is 4.15. The van der Waals surface area contributed by atoms with Gasteiger partial charge in [-0.25, -0.2) is 0 Å². The Balaban J connectivity index is 0.856. The van der Waals surface area contributed by atoms with E-state index in [1.54, 1.807) is 0 Å². The summed E-state index contributed by atoms with van der Waals surface area (Å²) in [6.07, 6.45) is 0. The largest absolute Gasteiger partial charge is 0.354 e. The van der Waals surface area contributed by atoms with Crippen molar-refractivity contribution < 1.29 is 0 Å². The highest BCUT2D eigenvalue weighted by Gasteiger charge is 2.54. The van der Waals surface area contributed by atoms with Crippen LogP contribution in [-0.2, 0) is 21.7 Å². The molecular formula is C100H62N2. The number of nitrogens with one attached hydrogen (secondary N) is 2. The first-order chi connectivity index (χ1) is 50.5. The SMILES string of the molecule is c1ccc2c(c1)-c1ccccc1C21c2ccc(cc2)-c2ccc(cc2)C2(c3ccccc3-c3ccccc32)c2cc(cc3c2[nH]c2ccccc23)C2(c3ccc(cc3)-c3ccc(cc3)C3(c4ccccc4-c4ccccc43)c3cc1cc1c3[nH]c3ccccc31)c1ccccc1-c1ccccc12. The van der Waals surface area contributed by atoms with Crippen molar-refractivity contribution in [2.45, 2.75) is 21.7 Å². The van der Waals surface area contributed by atoms with Crippen LogP contribution in [0.25, 0.3) is 110 Å². The van der Waals surface area contributed by atoms with Crippen LogP contribution >= 0.6 is 0 Å². The van der Waals surface area contributed by atoms with E-state index in [2.05, 4.69) is 374 Å². The first-order valence-corrected chi connectivity index (χ1v) is 35.9. The molecule has 11 aliphatic rings. The Morgan fingerprint density at radius 2 is 0.373 bits per heavy atom. The predicted molar refractivity (Wildman–Crippen MR) is 419 cm³/mol. The summed E-state index contributed by atoms with van der Waals surface area (Å²) in [5.41, 5.74) is 36.1. The van der Waals surface area contributed by atoms with Crippen LogP contribution in [0.15, 0.2) is 364 Å². The fourth-order valence-corrected chi connectivity index (χ4v) is 20.6. The van der Waals surface area contributed by atoms with Crippen molar-refractivity contribution in [2.24, 2.45) is 0 Å². The van der Waals surface area contributed by atoms with Crippen molar-refractivity contribution in [1.82, 2.24) is 9.97 Å². The van der Waals surface area contributed by atoms with Gasteiger partial charge in [-0.3, -0.25) is 0 Å². The van der Waals surface area contributed by atoms with Crippen molar-refractivity contribution >= 4 is 43.6 Å². The summed E-state index contributed by atoms with van der Waals surface area (Å²) in [4.78, 5) is 8.31. The molecule has 0 radical (unpaired) electrons. The highest BCUT2D eigenvalue weighted by atomic mass is 14.7. The molecule has 2 nitrogen and oxygen atoms in total. The normalized spacial score (nSPS) is 15.0. The third kappa shape index (κ3) is 6.94. The van der Waals surface area contributed by atoms with Gasteiger partial charge in [-0.15, -0.1) is 0 Å². The topological polar surface area (TPSA) is 31.6 Å². The van der Waals surface area contributed by atoms with Gasteiger partial charge < -0.3 is 9.97 Å². The lowest BCUT2D eigenvalue weighted by atomic mass is 9.63. The van der Waals surface area contributed by atoms with Gasteiger partial charge in [-0.2, -0.15) is 0 Å². The maximum absolute atomic E-state index is 4.15. The minimum atomic E-state index is -0.772. The van der Waals surface area contributed by atoms with Crippen molar-refractivity contribution in [3.63, 3.8) is 0 Å². The summed E-state index contributed by atoms with van der Waals surface area (Å²) >= 11 is 0. The second kappa shape index (κ2) is 20.4. The standard InChI is InChI=1S/C100H62N2/c1-11-31-83-71(21-1)72-22-2-12-32-84(72)97(83)65-49-41-61(42-50-65)63-45-55-68(56-46-63)100(89-37-17-7-27-77(89)78-28-8-18-38-90(78)100)92-60-70(58-82-80-30-10-20-40-94(80)102-96(82)92)98(85-33-13-3-23-73(85)74-24-4-14-34-86(74)98)66-51-43-62(44-52-66)64-47-53-67(54-48-64)99(87-35-15-5-25-75(87)76-26-6-16-36-88(76)99)91-59-69(97)57-81-79-29-9-19-39-93(79)101-95(81)91/h1-60,101-102H. The van der Waals surface area contributed by atoms with Gasteiger partial charge in [0.1, 0.15) is 0 Å². The number of benzene rings is 16. The average Bonchev–Trinajstić information content (AvgIpc) is 1.50. The number of rotatable bonds is 0. The molecule has 0 atom stereocenters. The van der Waals surface area contributed by atoms with Gasteiger partial charge in [0.05, 0.1) is 32.7 Å². The Kier molecular flexibility index (Phi) is 11.2. The lowest BCUT2D eigenvalue weighted by Gasteiger charge is -2.38. The number of aromatic amines is 2. The first-order valence-electron chi connectivity index (χ1n) is 35.9. The van der Waals surface area contributed by atoms with Gasteiger partial charge in [0.15, 0.2) is 0 Å². The summed E-state index contributed by atoms with van der Waals surface area (Å²) < 4.78 is 0. The second-order valence-corrected chi connectivity index (χ2v) is 28.9. The molecule has 0 saturated heterocycles. The van der Waals surface area contributed by atoms with Crippen molar-refractivity contribution in [1.29, 1.82) is 0 Å². The number of hydrogen-bond acceptors (Lipinski definition) is 0. The first kappa shape index (κ1) is 56.0.